The molecular weight excluding hydrogens is 526 g/mol. The van der Waals surface area contributed by atoms with E-state index in [1.165, 1.54) is 37.3 Å². The summed E-state index contributed by atoms with van der Waals surface area (Å²) in [5.41, 5.74) is 9.63. The Bertz CT molecular complexity index is 1410. The lowest BCUT2D eigenvalue weighted by Crippen LogP contribution is -2.49. The van der Waals surface area contributed by atoms with Gasteiger partial charge in [0.05, 0.1) is 12.1 Å². The molecule has 3 aromatic rings. The van der Waals surface area contributed by atoms with Gasteiger partial charge in [0, 0.05) is 41.8 Å². The number of aromatic nitrogens is 5. The highest BCUT2D eigenvalue weighted by atomic mass is 32.1. The zero-order valence-electron chi connectivity index (χ0n) is 23.4. The first kappa shape index (κ1) is 26.8. The van der Waals surface area contributed by atoms with E-state index in [1.54, 1.807) is 6.20 Å². The molecule has 2 aliphatic heterocycles. The highest BCUT2D eigenvalue weighted by molar-refractivity contribution is 7.14. The number of nitrogens with two attached hydrogens (primary N) is 1. The Balaban J connectivity index is 1.06. The van der Waals surface area contributed by atoms with E-state index < -0.39 is 0 Å². The number of H-pyrrole nitrogens is 1. The van der Waals surface area contributed by atoms with Gasteiger partial charge in [-0.15, -0.1) is 11.3 Å². The maximum absolute atomic E-state index is 13.2. The lowest BCUT2D eigenvalue weighted by Gasteiger charge is -2.41. The number of rotatable bonds is 5. The van der Waals surface area contributed by atoms with Crippen molar-refractivity contribution in [3.05, 3.63) is 34.1 Å². The molecule has 0 atom stereocenters. The van der Waals surface area contributed by atoms with E-state index in [9.17, 15) is 9.59 Å². The van der Waals surface area contributed by atoms with Crippen molar-refractivity contribution in [3.8, 4) is 11.4 Å². The molecule has 0 saturated carbocycles. The molecule has 5 heterocycles. The molecule has 1 aliphatic carbocycles. The second-order valence-corrected chi connectivity index (χ2v) is 12.9. The van der Waals surface area contributed by atoms with Gasteiger partial charge < -0.3 is 15.5 Å². The molecule has 212 valence electrons. The predicted octanol–water partition coefficient (Wildman–Crippen LogP) is 3.26. The minimum atomic E-state index is -0.323. The minimum absolute atomic E-state index is 0.0960. The molecule has 0 aromatic carbocycles. The van der Waals surface area contributed by atoms with Crippen LogP contribution in [0.5, 0.6) is 0 Å². The number of thiazole rings is 1. The second-order valence-electron chi connectivity index (χ2n) is 12.1. The maximum atomic E-state index is 13.2. The number of anilines is 2. The van der Waals surface area contributed by atoms with Crippen LogP contribution in [0.1, 0.15) is 73.8 Å². The molecule has 2 amide bonds. The molecule has 0 spiro atoms. The van der Waals surface area contributed by atoms with Crippen molar-refractivity contribution in [1.82, 2.24) is 34.9 Å². The summed E-state index contributed by atoms with van der Waals surface area (Å²) in [5.74, 6) is 0.771. The third-order valence-corrected chi connectivity index (χ3v) is 9.54. The third kappa shape index (κ3) is 5.22. The van der Waals surface area contributed by atoms with Gasteiger partial charge in [-0.25, -0.2) is 15.0 Å². The van der Waals surface area contributed by atoms with Gasteiger partial charge in [-0.1, -0.05) is 20.8 Å². The number of likely N-dealkylation sites (tertiary alicyclic amines) is 2. The fraction of sp³-hybridized carbons (Fsp3) is 0.571. The van der Waals surface area contributed by atoms with Gasteiger partial charge in [-0.05, 0) is 56.5 Å². The lowest BCUT2D eigenvalue weighted by atomic mass is 9.74. The third-order valence-electron chi connectivity index (χ3n) is 8.73. The summed E-state index contributed by atoms with van der Waals surface area (Å²) in [5, 5.41) is 12.5. The van der Waals surface area contributed by atoms with Crippen molar-refractivity contribution in [2.45, 2.75) is 70.8 Å². The van der Waals surface area contributed by atoms with Crippen molar-refractivity contribution < 1.29 is 9.59 Å². The SMILES string of the molecule is CC1CCN(C2CCN(C(=O)Cc3csc(NC(=O)c4[nH]nc5c4CC(C)(C)c4cnc(N)nc4-5)n3)CC2)CC1. The van der Waals surface area contributed by atoms with Crippen LogP contribution in [0, 0.1) is 5.92 Å². The first-order valence-electron chi connectivity index (χ1n) is 14.2. The van der Waals surface area contributed by atoms with E-state index in [2.05, 4.69) is 56.1 Å². The van der Waals surface area contributed by atoms with E-state index in [0.29, 0.717) is 40.4 Å². The molecule has 0 unspecified atom stereocenters. The quantitative estimate of drug-likeness (QED) is 0.429. The lowest BCUT2D eigenvalue weighted by molar-refractivity contribution is -0.132. The average Bonchev–Trinajstić information content (AvgIpc) is 3.55. The molecule has 0 bridgehead atoms. The largest absolute Gasteiger partial charge is 0.368 e. The Hall–Kier alpha value is -3.38. The summed E-state index contributed by atoms with van der Waals surface area (Å²) in [6.45, 7) is 10.5. The fourth-order valence-electron chi connectivity index (χ4n) is 6.28. The number of hydrogen-bond acceptors (Lipinski definition) is 9. The molecule has 6 rings (SSSR count). The minimum Gasteiger partial charge on any atom is -0.368 e. The van der Waals surface area contributed by atoms with Crippen molar-refractivity contribution in [2.75, 3.05) is 37.2 Å². The highest BCUT2D eigenvalue weighted by Crippen LogP contribution is 2.42. The zero-order valence-corrected chi connectivity index (χ0v) is 24.2. The predicted molar refractivity (Wildman–Crippen MR) is 154 cm³/mol. The molecule has 0 radical (unpaired) electrons. The molecular formula is C28H37N9O2S. The van der Waals surface area contributed by atoms with E-state index >= 15 is 0 Å². The average molecular weight is 564 g/mol. The topological polar surface area (TPSA) is 146 Å². The van der Waals surface area contributed by atoms with E-state index in [1.807, 2.05) is 10.3 Å². The number of amides is 2. The van der Waals surface area contributed by atoms with Crippen LogP contribution in [0.25, 0.3) is 11.4 Å². The highest BCUT2D eigenvalue weighted by Gasteiger charge is 2.37. The van der Waals surface area contributed by atoms with Crippen LogP contribution >= 0.6 is 11.3 Å². The van der Waals surface area contributed by atoms with Crippen LogP contribution in [-0.2, 0) is 23.1 Å². The maximum Gasteiger partial charge on any atom is 0.275 e. The number of nitrogens with one attached hydrogen (secondary N) is 2. The number of fused-ring (bicyclic) bond motifs is 3. The number of piperidine rings is 2. The van der Waals surface area contributed by atoms with Gasteiger partial charge in [0.25, 0.3) is 5.91 Å². The van der Waals surface area contributed by atoms with E-state index in [-0.39, 0.29) is 29.6 Å². The standard InChI is InChI=1S/C28H37N9O2S/c1-16-4-8-36(9-5-16)18-6-10-37(11-7-18)21(38)12-17-15-40-27(31-17)33-25(39)23-19-13-28(2,3)20-14-30-26(29)32-24(20)22(19)34-35-23/h14-16,18H,4-13H2,1-3H3,(H,34,35)(H2,29,30,32)(H,31,33,39). The summed E-state index contributed by atoms with van der Waals surface area (Å²) in [4.78, 5) is 43.9. The number of hydrogen-bond donors (Lipinski definition) is 3. The summed E-state index contributed by atoms with van der Waals surface area (Å²) in [7, 11) is 0. The van der Waals surface area contributed by atoms with Crippen LogP contribution in [0.2, 0.25) is 0 Å². The Morgan fingerprint density at radius 3 is 2.62 bits per heavy atom. The van der Waals surface area contributed by atoms with Gasteiger partial charge in [0.1, 0.15) is 17.1 Å². The van der Waals surface area contributed by atoms with Crippen LogP contribution in [0.3, 0.4) is 0 Å². The molecule has 40 heavy (non-hydrogen) atoms. The van der Waals surface area contributed by atoms with Gasteiger partial charge in [-0.2, -0.15) is 5.10 Å². The van der Waals surface area contributed by atoms with Crippen molar-refractivity contribution in [2.24, 2.45) is 5.92 Å². The van der Waals surface area contributed by atoms with Crippen LogP contribution in [-0.4, -0.2) is 79.0 Å². The first-order chi connectivity index (χ1) is 19.2. The Labute approximate surface area is 238 Å². The smallest absolute Gasteiger partial charge is 0.275 e. The van der Waals surface area contributed by atoms with Crippen molar-refractivity contribution in [3.63, 3.8) is 0 Å². The molecule has 2 saturated heterocycles. The van der Waals surface area contributed by atoms with Crippen LogP contribution in [0.4, 0.5) is 11.1 Å². The summed E-state index contributed by atoms with van der Waals surface area (Å²) in [6.07, 6.45) is 7.21. The first-order valence-corrected chi connectivity index (χ1v) is 15.0. The summed E-state index contributed by atoms with van der Waals surface area (Å²) >= 11 is 1.32. The van der Waals surface area contributed by atoms with E-state index in [0.717, 1.165) is 43.0 Å². The molecule has 4 N–H and O–H groups in total. The van der Waals surface area contributed by atoms with Gasteiger partial charge >= 0.3 is 0 Å². The Morgan fingerprint density at radius 1 is 1.12 bits per heavy atom. The fourth-order valence-corrected chi connectivity index (χ4v) is 6.98. The summed E-state index contributed by atoms with van der Waals surface area (Å²) < 4.78 is 0. The molecule has 2 fully saturated rings. The molecule has 3 aliphatic rings. The number of carbonyl (C=O) groups is 2. The Morgan fingerprint density at radius 2 is 1.88 bits per heavy atom. The van der Waals surface area contributed by atoms with Gasteiger partial charge in [-0.3, -0.25) is 20.0 Å². The van der Waals surface area contributed by atoms with Crippen LogP contribution in [0.15, 0.2) is 11.6 Å². The van der Waals surface area contributed by atoms with Crippen molar-refractivity contribution in [1.29, 1.82) is 0 Å². The van der Waals surface area contributed by atoms with Gasteiger partial charge in [0.2, 0.25) is 11.9 Å². The number of nitrogen functional groups attached to an aromatic ring is 1. The molecule has 3 aromatic heterocycles. The number of nitrogens with zero attached hydrogens (tertiary/aromatic N) is 6. The number of aromatic amines is 1. The monoisotopic (exact) mass is 563 g/mol. The zero-order chi connectivity index (χ0) is 28.0. The molecule has 11 nitrogen and oxygen atoms in total. The Kier molecular flexibility index (Phi) is 7.07. The number of carbonyl (C=O) groups excluding carboxylic acids is 2. The second kappa shape index (κ2) is 10.5. The van der Waals surface area contributed by atoms with Crippen LogP contribution < -0.4 is 11.1 Å². The van der Waals surface area contributed by atoms with Crippen molar-refractivity contribution >= 4 is 34.2 Å². The summed E-state index contributed by atoms with van der Waals surface area (Å²) in [6, 6.07) is 0.592. The van der Waals surface area contributed by atoms with Gasteiger partial charge in [0.15, 0.2) is 5.13 Å². The molecule has 12 heteroatoms. The van der Waals surface area contributed by atoms with E-state index in [4.69, 9.17) is 5.73 Å². The normalized spacial score (nSPS) is 19.7.